The van der Waals surface area contributed by atoms with Gasteiger partial charge in [-0.2, -0.15) is 4.98 Å². The summed E-state index contributed by atoms with van der Waals surface area (Å²) in [5, 5.41) is 6.85. The third-order valence-corrected chi connectivity index (χ3v) is 7.60. The summed E-state index contributed by atoms with van der Waals surface area (Å²) in [6.45, 7) is 3.49. The molecule has 1 fully saturated rings. The molecule has 10 nitrogen and oxygen atoms in total. The number of nitrogens with one attached hydrogen (secondary N) is 2. The van der Waals surface area contributed by atoms with E-state index in [0.717, 1.165) is 11.1 Å². The number of aromatic nitrogens is 4. The second-order valence-corrected chi connectivity index (χ2v) is 10.8. The Labute approximate surface area is 252 Å². The topological polar surface area (TPSA) is 108 Å². The van der Waals surface area contributed by atoms with Gasteiger partial charge in [0, 0.05) is 56.7 Å². The number of anilines is 2. The lowest BCUT2D eigenvalue weighted by molar-refractivity contribution is -0.121. The number of hydrogen-bond donors (Lipinski definition) is 2. The number of carbonyl (C=O) groups is 2. The van der Waals surface area contributed by atoms with Gasteiger partial charge in [-0.15, -0.1) is 0 Å². The van der Waals surface area contributed by atoms with Crippen LogP contribution in [0.4, 0.5) is 16.3 Å². The molecule has 3 heterocycles. The quantitative estimate of drug-likeness (QED) is 0.272. The van der Waals surface area contributed by atoms with E-state index in [4.69, 9.17) is 39.8 Å². The van der Waals surface area contributed by atoms with Crippen molar-refractivity contribution in [2.24, 2.45) is 0 Å². The molecule has 1 saturated heterocycles. The molecular formula is C28H27Cl3N8O2. The molecule has 2 aromatic heterocycles. The molecule has 4 aromatic rings. The molecule has 41 heavy (non-hydrogen) atoms. The smallest absolute Gasteiger partial charge is 0.321 e. The number of benzene rings is 2. The summed E-state index contributed by atoms with van der Waals surface area (Å²) < 4.78 is 1.65. The summed E-state index contributed by atoms with van der Waals surface area (Å²) in [7, 11) is 0. The van der Waals surface area contributed by atoms with E-state index >= 15 is 0 Å². The van der Waals surface area contributed by atoms with E-state index in [2.05, 4.69) is 20.6 Å². The zero-order chi connectivity index (χ0) is 28.9. The average Bonchev–Trinajstić information content (AvgIpc) is 3.50. The van der Waals surface area contributed by atoms with Crippen LogP contribution in [0.2, 0.25) is 15.2 Å². The van der Waals surface area contributed by atoms with Crippen molar-refractivity contribution >= 4 is 58.2 Å². The molecule has 5 rings (SSSR count). The molecule has 0 saturated carbocycles. The molecule has 1 atom stereocenters. The van der Waals surface area contributed by atoms with E-state index in [1.165, 1.54) is 0 Å². The van der Waals surface area contributed by atoms with Crippen LogP contribution in [0.15, 0.2) is 67.3 Å². The van der Waals surface area contributed by atoms with E-state index in [1.807, 2.05) is 36.1 Å². The van der Waals surface area contributed by atoms with Crippen molar-refractivity contribution in [2.45, 2.75) is 25.9 Å². The highest BCUT2D eigenvalue weighted by Crippen LogP contribution is 2.27. The molecule has 212 valence electrons. The van der Waals surface area contributed by atoms with Gasteiger partial charge in [0.05, 0.1) is 16.1 Å². The van der Waals surface area contributed by atoms with Gasteiger partial charge in [0.25, 0.3) is 0 Å². The molecule has 0 aliphatic carbocycles. The van der Waals surface area contributed by atoms with E-state index in [-0.39, 0.29) is 36.1 Å². The molecule has 13 heteroatoms. The number of piperazine rings is 1. The summed E-state index contributed by atoms with van der Waals surface area (Å²) in [6, 6.07) is 13.8. The summed E-state index contributed by atoms with van der Waals surface area (Å²) in [5.74, 6) is 0.754. The molecule has 1 unspecified atom stereocenters. The van der Waals surface area contributed by atoms with Crippen LogP contribution in [0.5, 0.6) is 0 Å². The maximum Gasteiger partial charge on any atom is 0.321 e. The predicted molar refractivity (Wildman–Crippen MR) is 160 cm³/mol. The van der Waals surface area contributed by atoms with Crippen molar-refractivity contribution in [1.29, 1.82) is 0 Å². The van der Waals surface area contributed by atoms with E-state index in [0.29, 0.717) is 47.1 Å². The number of halogens is 3. The van der Waals surface area contributed by atoms with Gasteiger partial charge >= 0.3 is 6.03 Å². The minimum atomic E-state index is -0.386. The minimum Gasteiger partial charge on any atom is -0.352 e. The standard InChI is InChI=1S/C28H27Cl3N8O2/c1-18-2-4-19(5-3-18)15-33-26(40)13-21-16-37(28(41)34-20-6-7-22(29)23(30)12-20)10-11-39(21)25-14-24(31)35-27(36-25)38-9-8-32-17-38/h2-9,12,14,17,21H,10-11,13,15-16H2,1H3,(H,33,40)(H,34,41). The van der Waals surface area contributed by atoms with Crippen LogP contribution in [0.3, 0.4) is 0 Å². The SMILES string of the molecule is Cc1ccc(CNC(=O)CC2CN(C(=O)Nc3ccc(Cl)c(Cl)c3)CCN2c2cc(Cl)nc(-n3ccnc3)n2)cc1. The van der Waals surface area contributed by atoms with Gasteiger partial charge in [-0.05, 0) is 30.7 Å². The van der Waals surface area contributed by atoms with Crippen LogP contribution in [0.25, 0.3) is 5.95 Å². The van der Waals surface area contributed by atoms with Gasteiger partial charge < -0.3 is 20.4 Å². The Hall–Kier alpha value is -3.86. The number of nitrogens with zero attached hydrogens (tertiary/aromatic N) is 6. The fourth-order valence-electron chi connectivity index (χ4n) is 4.52. The van der Waals surface area contributed by atoms with Crippen molar-refractivity contribution in [1.82, 2.24) is 29.7 Å². The maximum atomic E-state index is 13.2. The van der Waals surface area contributed by atoms with Crippen molar-refractivity contribution in [3.8, 4) is 5.95 Å². The lowest BCUT2D eigenvalue weighted by atomic mass is 10.1. The lowest BCUT2D eigenvalue weighted by Crippen LogP contribution is -2.57. The summed E-state index contributed by atoms with van der Waals surface area (Å²) in [6.07, 6.45) is 5.05. The average molecular weight is 614 g/mol. The van der Waals surface area contributed by atoms with Gasteiger partial charge in [-0.25, -0.2) is 14.8 Å². The molecule has 2 aromatic carbocycles. The Balaban J connectivity index is 1.34. The second-order valence-electron chi connectivity index (χ2n) is 9.64. The predicted octanol–water partition coefficient (Wildman–Crippen LogP) is 5.36. The molecule has 1 aliphatic heterocycles. The fourth-order valence-corrected chi connectivity index (χ4v) is 4.99. The van der Waals surface area contributed by atoms with E-state index in [9.17, 15) is 9.59 Å². The van der Waals surface area contributed by atoms with Gasteiger partial charge in [0.1, 0.15) is 17.3 Å². The van der Waals surface area contributed by atoms with Crippen LogP contribution in [0, 0.1) is 6.92 Å². The molecular weight excluding hydrogens is 587 g/mol. The number of rotatable bonds is 7. The van der Waals surface area contributed by atoms with Crippen LogP contribution in [0.1, 0.15) is 17.5 Å². The molecule has 2 N–H and O–H groups in total. The molecule has 0 spiro atoms. The largest absolute Gasteiger partial charge is 0.352 e. The number of hydrogen-bond acceptors (Lipinski definition) is 6. The Morgan fingerprint density at radius 2 is 1.80 bits per heavy atom. The number of amides is 3. The van der Waals surface area contributed by atoms with Gasteiger partial charge in [-0.1, -0.05) is 64.6 Å². The first-order valence-electron chi connectivity index (χ1n) is 12.9. The Bertz CT molecular complexity index is 1530. The van der Waals surface area contributed by atoms with Crippen LogP contribution in [-0.4, -0.2) is 62.0 Å². The Kier molecular flexibility index (Phi) is 8.92. The minimum absolute atomic E-state index is 0.129. The third-order valence-electron chi connectivity index (χ3n) is 6.67. The summed E-state index contributed by atoms with van der Waals surface area (Å²) in [5.41, 5.74) is 2.67. The highest BCUT2D eigenvalue weighted by atomic mass is 35.5. The lowest BCUT2D eigenvalue weighted by Gasteiger charge is -2.42. The first-order chi connectivity index (χ1) is 19.7. The second kappa shape index (κ2) is 12.8. The Morgan fingerprint density at radius 3 is 2.54 bits per heavy atom. The number of aryl methyl sites for hydroxylation is 1. The van der Waals surface area contributed by atoms with Crippen LogP contribution >= 0.6 is 34.8 Å². The van der Waals surface area contributed by atoms with Crippen LogP contribution < -0.4 is 15.5 Å². The summed E-state index contributed by atoms with van der Waals surface area (Å²) >= 11 is 18.5. The zero-order valence-electron chi connectivity index (χ0n) is 22.1. The number of imidazole rings is 1. The third kappa shape index (κ3) is 7.27. The van der Waals surface area contributed by atoms with Crippen molar-refractivity contribution < 1.29 is 9.59 Å². The first-order valence-corrected chi connectivity index (χ1v) is 14.0. The van der Waals surface area contributed by atoms with Gasteiger partial charge in [0.15, 0.2) is 0 Å². The fraction of sp³-hybridized carbons (Fsp3) is 0.250. The number of carbonyl (C=O) groups excluding carboxylic acids is 2. The molecule has 0 bridgehead atoms. The van der Waals surface area contributed by atoms with Gasteiger partial charge in [0.2, 0.25) is 11.9 Å². The highest BCUT2D eigenvalue weighted by Gasteiger charge is 2.32. The van der Waals surface area contributed by atoms with Gasteiger partial charge in [-0.3, -0.25) is 9.36 Å². The highest BCUT2D eigenvalue weighted by molar-refractivity contribution is 6.42. The summed E-state index contributed by atoms with van der Waals surface area (Å²) in [4.78, 5) is 43.0. The molecule has 3 amide bonds. The first kappa shape index (κ1) is 28.7. The monoisotopic (exact) mass is 612 g/mol. The molecule has 0 radical (unpaired) electrons. The van der Waals surface area contributed by atoms with Crippen molar-refractivity contribution in [2.75, 3.05) is 29.9 Å². The maximum absolute atomic E-state index is 13.2. The van der Waals surface area contributed by atoms with E-state index in [1.54, 1.807) is 52.5 Å². The van der Waals surface area contributed by atoms with Crippen LogP contribution in [-0.2, 0) is 11.3 Å². The number of urea groups is 1. The van der Waals surface area contributed by atoms with Crippen molar-refractivity contribution in [3.63, 3.8) is 0 Å². The zero-order valence-corrected chi connectivity index (χ0v) is 24.4. The normalized spacial score (nSPS) is 15.1. The Morgan fingerprint density at radius 1 is 1.00 bits per heavy atom. The van der Waals surface area contributed by atoms with E-state index < -0.39 is 0 Å². The van der Waals surface area contributed by atoms with Crippen molar-refractivity contribution in [3.05, 3.63) is 93.6 Å². The molecule has 1 aliphatic rings.